The zero-order chi connectivity index (χ0) is 13.0. The zero-order valence-corrected chi connectivity index (χ0v) is 11.1. The lowest BCUT2D eigenvalue weighted by atomic mass is 9.89. The molecule has 0 aliphatic carbocycles. The Balaban J connectivity index is 1.90. The number of rotatable bonds is 3. The smallest absolute Gasteiger partial charge is 0.251 e. The van der Waals surface area contributed by atoms with Crippen molar-refractivity contribution in [2.75, 3.05) is 20.2 Å². The number of likely N-dealkylation sites (tertiary alicyclic amines) is 1. The molecule has 3 nitrogen and oxygen atoms in total. The fraction of sp³-hybridized carbons (Fsp3) is 0.533. The number of nitrogens with zero attached hydrogens (tertiary/aromatic N) is 1. The number of amides is 1. The summed E-state index contributed by atoms with van der Waals surface area (Å²) in [4.78, 5) is 13.9. The van der Waals surface area contributed by atoms with E-state index >= 15 is 0 Å². The molecule has 1 atom stereocenters. The lowest BCUT2D eigenvalue weighted by molar-refractivity contribution is -0.142. The standard InChI is InChI=1S/C15H21NO2/c1-12(18-2)15(17)16-10-8-14(9-11-16)13-6-4-3-5-7-13/h3-7,12,14H,8-11H2,1-2H3. The minimum Gasteiger partial charge on any atom is -0.372 e. The van der Waals surface area contributed by atoms with E-state index in [0.29, 0.717) is 5.92 Å². The van der Waals surface area contributed by atoms with E-state index in [-0.39, 0.29) is 12.0 Å². The van der Waals surface area contributed by atoms with E-state index in [4.69, 9.17) is 4.74 Å². The van der Waals surface area contributed by atoms with Gasteiger partial charge in [0.2, 0.25) is 0 Å². The molecule has 0 bridgehead atoms. The second-order valence-corrected chi connectivity index (χ2v) is 4.89. The molecule has 1 aliphatic rings. The van der Waals surface area contributed by atoms with Gasteiger partial charge in [0.1, 0.15) is 6.10 Å². The van der Waals surface area contributed by atoms with Crippen molar-refractivity contribution in [3.05, 3.63) is 35.9 Å². The molecular formula is C15H21NO2. The zero-order valence-electron chi connectivity index (χ0n) is 11.1. The van der Waals surface area contributed by atoms with Crippen molar-refractivity contribution in [3.8, 4) is 0 Å². The third-order valence-electron chi connectivity index (χ3n) is 3.78. The Hall–Kier alpha value is -1.35. The molecule has 1 amide bonds. The van der Waals surface area contributed by atoms with Crippen LogP contribution in [0, 0.1) is 0 Å². The van der Waals surface area contributed by atoms with Crippen molar-refractivity contribution < 1.29 is 9.53 Å². The van der Waals surface area contributed by atoms with Crippen molar-refractivity contribution in [3.63, 3.8) is 0 Å². The molecule has 3 heteroatoms. The van der Waals surface area contributed by atoms with E-state index in [1.807, 2.05) is 17.9 Å². The molecular weight excluding hydrogens is 226 g/mol. The van der Waals surface area contributed by atoms with Crippen LogP contribution in [0.5, 0.6) is 0 Å². The van der Waals surface area contributed by atoms with E-state index in [1.54, 1.807) is 7.11 Å². The molecule has 1 aliphatic heterocycles. The van der Waals surface area contributed by atoms with Crippen molar-refractivity contribution in [2.45, 2.75) is 31.8 Å². The molecule has 2 rings (SSSR count). The van der Waals surface area contributed by atoms with E-state index in [2.05, 4.69) is 24.3 Å². The maximum absolute atomic E-state index is 12.0. The first-order valence-corrected chi connectivity index (χ1v) is 6.59. The van der Waals surface area contributed by atoms with E-state index in [1.165, 1.54) is 5.56 Å². The molecule has 1 unspecified atom stereocenters. The normalized spacial score (nSPS) is 18.7. The number of benzene rings is 1. The topological polar surface area (TPSA) is 29.5 Å². The van der Waals surface area contributed by atoms with Gasteiger partial charge in [-0.3, -0.25) is 4.79 Å². The Labute approximate surface area is 109 Å². The number of piperidine rings is 1. The Kier molecular flexibility index (Phi) is 4.37. The molecule has 1 saturated heterocycles. The summed E-state index contributed by atoms with van der Waals surface area (Å²) in [6.45, 7) is 3.49. The van der Waals surface area contributed by atoms with E-state index in [0.717, 1.165) is 25.9 Å². The quantitative estimate of drug-likeness (QED) is 0.821. The lowest BCUT2D eigenvalue weighted by Crippen LogP contribution is -2.43. The molecule has 0 N–H and O–H groups in total. The van der Waals surface area contributed by atoms with Crippen LogP contribution in [-0.2, 0) is 9.53 Å². The lowest BCUT2D eigenvalue weighted by Gasteiger charge is -2.33. The molecule has 0 spiro atoms. The highest BCUT2D eigenvalue weighted by Gasteiger charge is 2.26. The molecule has 98 valence electrons. The molecule has 1 fully saturated rings. The van der Waals surface area contributed by atoms with Gasteiger partial charge in [0.05, 0.1) is 0 Å². The Morgan fingerprint density at radius 2 is 1.89 bits per heavy atom. The average Bonchev–Trinajstić information content (AvgIpc) is 2.47. The van der Waals surface area contributed by atoms with Crippen LogP contribution in [0.2, 0.25) is 0 Å². The van der Waals surface area contributed by atoms with Gasteiger partial charge in [0, 0.05) is 20.2 Å². The summed E-state index contributed by atoms with van der Waals surface area (Å²) in [5.41, 5.74) is 1.39. The Morgan fingerprint density at radius 1 is 1.28 bits per heavy atom. The Morgan fingerprint density at radius 3 is 2.44 bits per heavy atom. The maximum Gasteiger partial charge on any atom is 0.251 e. The second kappa shape index (κ2) is 6.01. The molecule has 1 aromatic carbocycles. The van der Waals surface area contributed by atoms with Crippen LogP contribution in [0.3, 0.4) is 0 Å². The van der Waals surface area contributed by atoms with Gasteiger partial charge in [-0.1, -0.05) is 30.3 Å². The molecule has 1 heterocycles. The summed E-state index contributed by atoms with van der Waals surface area (Å²) >= 11 is 0. The van der Waals surface area contributed by atoms with E-state index in [9.17, 15) is 4.79 Å². The van der Waals surface area contributed by atoms with Crippen LogP contribution < -0.4 is 0 Å². The van der Waals surface area contributed by atoms with Crippen LogP contribution in [0.4, 0.5) is 0 Å². The van der Waals surface area contributed by atoms with Gasteiger partial charge in [-0.2, -0.15) is 0 Å². The van der Waals surface area contributed by atoms with Gasteiger partial charge < -0.3 is 9.64 Å². The largest absolute Gasteiger partial charge is 0.372 e. The minimum atomic E-state index is -0.321. The summed E-state index contributed by atoms with van der Waals surface area (Å²) in [5, 5.41) is 0. The van der Waals surface area contributed by atoms with Gasteiger partial charge >= 0.3 is 0 Å². The molecule has 18 heavy (non-hydrogen) atoms. The number of methoxy groups -OCH3 is 1. The molecule has 0 saturated carbocycles. The van der Waals surface area contributed by atoms with E-state index < -0.39 is 0 Å². The summed E-state index contributed by atoms with van der Waals surface area (Å²) < 4.78 is 5.09. The van der Waals surface area contributed by atoms with Crippen LogP contribution in [0.1, 0.15) is 31.2 Å². The maximum atomic E-state index is 12.0. The summed E-state index contributed by atoms with van der Waals surface area (Å²) in [6, 6.07) is 10.6. The van der Waals surface area contributed by atoms with Gasteiger partial charge in [-0.05, 0) is 31.2 Å². The van der Waals surface area contributed by atoms with Gasteiger partial charge in [-0.25, -0.2) is 0 Å². The fourth-order valence-electron chi connectivity index (χ4n) is 2.52. The van der Waals surface area contributed by atoms with Crippen LogP contribution >= 0.6 is 0 Å². The molecule has 0 radical (unpaired) electrons. The average molecular weight is 247 g/mol. The fourth-order valence-corrected chi connectivity index (χ4v) is 2.52. The van der Waals surface area contributed by atoms with Crippen molar-refractivity contribution in [2.24, 2.45) is 0 Å². The number of carbonyl (C=O) groups excluding carboxylic acids is 1. The van der Waals surface area contributed by atoms with Gasteiger partial charge in [0.25, 0.3) is 5.91 Å². The predicted octanol–water partition coefficient (Wildman–Crippen LogP) is 2.43. The summed E-state index contributed by atoms with van der Waals surface area (Å²) in [5.74, 6) is 0.706. The highest BCUT2D eigenvalue weighted by molar-refractivity contribution is 5.80. The first-order valence-electron chi connectivity index (χ1n) is 6.59. The second-order valence-electron chi connectivity index (χ2n) is 4.89. The van der Waals surface area contributed by atoms with Crippen molar-refractivity contribution >= 4 is 5.91 Å². The van der Waals surface area contributed by atoms with Crippen molar-refractivity contribution in [1.29, 1.82) is 0 Å². The van der Waals surface area contributed by atoms with Gasteiger partial charge in [-0.15, -0.1) is 0 Å². The summed E-state index contributed by atoms with van der Waals surface area (Å²) in [7, 11) is 1.58. The monoisotopic (exact) mass is 247 g/mol. The number of carbonyl (C=O) groups is 1. The van der Waals surface area contributed by atoms with Crippen LogP contribution in [0.25, 0.3) is 0 Å². The third kappa shape index (κ3) is 2.91. The van der Waals surface area contributed by atoms with Crippen molar-refractivity contribution in [1.82, 2.24) is 4.90 Å². The molecule has 1 aromatic rings. The SMILES string of the molecule is COC(C)C(=O)N1CCC(c2ccccc2)CC1. The summed E-state index contributed by atoms with van der Waals surface area (Å²) in [6.07, 6.45) is 1.77. The highest BCUT2D eigenvalue weighted by Crippen LogP contribution is 2.27. The highest BCUT2D eigenvalue weighted by atomic mass is 16.5. The minimum absolute atomic E-state index is 0.115. The predicted molar refractivity (Wildman–Crippen MR) is 71.5 cm³/mol. The van der Waals surface area contributed by atoms with Crippen LogP contribution in [0.15, 0.2) is 30.3 Å². The number of hydrogen-bond acceptors (Lipinski definition) is 2. The molecule has 0 aromatic heterocycles. The third-order valence-corrected chi connectivity index (χ3v) is 3.78. The first-order chi connectivity index (χ1) is 8.72. The Bertz CT molecular complexity index is 383. The van der Waals surface area contributed by atoms with Gasteiger partial charge in [0.15, 0.2) is 0 Å². The first kappa shape index (κ1) is 13.1. The number of ether oxygens (including phenoxy) is 1. The number of hydrogen-bond donors (Lipinski definition) is 0. The van der Waals surface area contributed by atoms with Crippen LogP contribution in [-0.4, -0.2) is 37.1 Å².